The van der Waals surface area contributed by atoms with Gasteiger partial charge in [0.25, 0.3) is 6.33 Å². The van der Waals surface area contributed by atoms with E-state index in [1.165, 1.54) is 22.3 Å². The van der Waals surface area contributed by atoms with Crippen LogP contribution in [0.15, 0.2) is 194 Å². The molecule has 0 fully saturated rings. The zero-order valence-electron chi connectivity index (χ0n) is 53.0. The molecule has 6 heteroatoms. The van der Waals surface area contributed by atoms with Crippen LogP contribution in [0.3, 0.4) is 0 Å². The number of imidazole rings is 1. The van der Waals surface area contributed by atoms with Crippen molar-refractivity contribution in [1.82, 2.24) is 14.1 Å². The van der Waals surface area contributed by atoms with E-state index < -0.39 is 18.1 Å². The second kappa shape index (κ2) is 19.5. The average molecular weight is 1250 g/mol. The molecule has 5 nitrogen and oxygen atoms in total. The molecule has 0 saturated heterocycles. The largest absolute Gasteiger partial charge is 0.510 e. The summed E-state index contributed by atoms with van der Waals surface area (Å²) in [5.74, 6) is 1.76. The predicted molar refractivity (Wildman–Crippen MR) is 333 cm³/mol. The normalized spacial score (nSPS) is 15.1. The van der Waals surface area contributed by atoms with Gasteiger partial charge < -0.3 is 13.9 Å². The van der Waals surface area contributed by atoms with Gasteiger partial charge in [-0.25, -0.2) is 4.98 Å². The van der Waals surface area contributed by atoms with Crippen LogP contribution < -0.4 is 9.30 Å². The fourth-order valence-corrected chi connectivity index (χ4v) is 12.6. The Kier molecular flexibility index (Phi) is 11.3. The zero-order valence-corrected chi connectivity index (χ0v) is 50.3. The summed E-state index contributed by atoms with van der Waals surface area (Å²) in [5.41, 5.74) is 17.8. The second-order valence-corrected chi connectivity index (χ2v) is 25.5. The molecular formula is C76H66N4OPt-2. The van der Waals surface area contributed by atoms with Gasteiger partial charge in [0, 0.05) is 44.3 Å². The van der Waals surface area contributed by atoms with Crippen molar-refractivity contribution in [1.29, 1.82) is 0 Å². The topological polar surface area (TPSA) is 35.9 Å². The number of hydrogen-bond donors (Lipinski definition) is 0. The number of aromatic nitrogens is 4. The van der Waals surface area contributed by atoms with Crippen molar-refractivity contribution >= 4 is 32.8 Å². The van der Waals surface area contributed by atoms with Gasteiger partial charge in [-0.05, 0) is 154 Å². The van der Waals surface area contributed by atoms with Crippen molar-refractivity contribution in [3.63, 3.8) is 0 Å². The van der Waals surface area contributed by atoms with Crippen molar-refractivity contribution < 1.29 is 37.2 Å². The first-order chi connectivity index (χ1) is 41.0. The maximum atomic E-state index is 9.56. The van der Waals surface area contributed by atoms with E-state index >= 15 is 0 Å². The van der Waals surface area contributed by atoms with Crippen LogP contribution in [-0.4, -0.2) is 14.1 Å². The van der Waals surface area contributed by atoms with Gasteiger partial charge in [0.05, 0.1) is 23.6 Å². The first-order valence-corrected chi connectivity index (χ1v) is 28.2. The second-order valence-electron chi connectivity index (χ2n) is 25.5. The molecule has 0 radical (unpaired) electrons. The van der Waals surface area contributed by atoms with E-state index in [0.29, 0.717) is 28.4 Å². The molecule has 0 atom stereocenters. The summed E-state index contributed by atoms with van der Waals surface area (Å²) in [6.45, 7) is 22.7. The van der Waals surface area contributed by atoms with Gasteiger partial charge in [-0.1, -0.05) is 202 Å². The molecule has 4 heterocycles. The Morgan fingerprint density at radius 2 is 1.17 bits per heavy atom. The fraction of sp³-hybridized carbons (Fsp3) is 0.211. The standard InChI is InChI=1S/C76H66N4O.Pt/c1-73(2,3)51-32-30-48(31-33-51)50-40-64-58-25-15-14-24-57(58)62-45-65-66(76(9,10)38-37-75(65,7)8)46-63(62)61-28-19-27-56(49-20-12-11-13-21-49)71(61)79-47-78(69(41-50)72(64)79)53-22-18-23-54(43-53)81-55-34-35-60-59-26-16-17-29-67(59)80(68(60)44-55)70-42-52(36-39-77-70)74(4,5)6;/h11-36,39-42,45-46H,37-38H2,1-10H3;/q-2;/i11D,12D,13D,20D,21D;. The molecule has 408 valence electrons. The third-order valence-corrected chi connectivity index (χ3v) is 17.3. The number of benzene rings is 9. The molecule has 2 aliphatic rings. The van der Waals surface area contributed by atoms with Gasteiger partial charge in [0.2, 0.25) is 0 Å². The third kappa shape index (κ3) is 8.86. The summed E-state index contributed by atoms with van der Waals surface area (Å²) < 4.78 is 59.0. The van der Waals surface area contributed by atoms with Crippen molar-refractivity contribution in [3.05, 3.63) is 235 Å². The van der Waals surface area contributed by atoms with E-state index in [2.05, 4.69) is 218 Å². The molecule has 0 amide bonds. The van der Waals surface area contributed by atoms with Crippen molar-refractivity contribution in [3.8, 4) is 84.3 Å². The maximum Gasteiger partial charge on any atom is 0.268 e. The smallest absolute Gasteiger partial charge is 0.268 e. The number of pyridine rings is 1. The number of ether oxygens (including phenoxy) is 1. The van der Waals surface area contributed by atoms with Crippen LogP contribution in [0.5, 0.6) is 11.5 Å². The molecule has 0 unspecified atom stereocenters. The average Bonchev–Trinajstić information content (AvgIpc) is 2.38. The molecule has 1 aliphatic heterocycles. The van der Waals surface area contributed by atoms with Crippen LogP contribution in [-0.2, 0) is 42.7 Å². The molecule has 12 aromatic rings. The number of rotatable bonds is 6. The van der Waals surface area contributed by atoms with Crippen LogP contribution in [0.4, 0.5) is 0 Å². The summed E-state index contributed by atoms with van der Waals surface area (Å²) in [6.07, 6.45) is 7.82. The molecule has 0 saturated carbocycles. The van der Waals surface area contributed by atoms with Crippen LogP contribution in [0.2, 0.25) is 0 Å². The Balaban J connectivity index is 0.00000700. The minimum atomic E-state index is -0.446. The Labute approximate surface area is 504 Å². The first-order valence-electron chi connectivity index (χ1n) is 30.7. The number of hydrogen-bond acceptors (Lipinski definition) is 2. The Hall–Kier alpha value is -8.11. The van der Waals surface area contributed by atoms with E-state index in [4.69, 9.17) is 13.8 Å². The van der Waals surface area contributed by atoms with Crippen LogP contribution in [0.1, 0.15) is 111 Å². The minimum Gasteiger partial charge on any atom is -0.510 e. The molecule has 0 spiro atoms. The summed E-state index contributed by atoms with van der Waals surface area (Å²) in [5, 5.41) is 2.11. The van der Waals surface area contributed by atoms with Gasteiger partial charge in [-0.2, -0.15) is 18.2 Å². The van der Waals surface area contributed by atoms with Gasteiger partial charge in [-0.15, -0.1) is 29.7 Å². The number of nitrogens with zero attached hydrogens (tertiary/aromatic N) is 4. The molecule has 14 rings (SSSR count). The molecule has 3 aromatic heterocycles. The first kappa shape index (κ1) is 47.5. The molecule has 1 aliphatic carbocycles. The number of fused-ring (bicyclic) bond motifs is 11. The Morgan fingerprint density at radius 1 is 0.537 bits per heavy atom. The van der Waals surface area contributed by atoms with Gasteiger partial charge in [0.15, 0.2) is 0 Å². The van der Waals surface area contributed by atoms with E-state index in [1.54, 1.807) is 0 Å². The SMILES string of the molecule is [2H]c1c([2H])c([2H])c(-c2cccc3c2-[n+]2[c-]n(-c4[c-]c(Oc5[c-]c6c(cc5)c5ccccc5n6-c5cc(C(C)(C)C)ccn5)ccc4)c4cc(-c5ccc(C(C)(C)C)cc5)cc(c42)-c2ccccc2-c2cc4c(cc2-3)C(C)(C)CCC4(C)C)c([2H])c1[2H].[Pt]. The van der Waals surface area contributed by atoms with Crippen molar-refractivity contribution in [2.24, 2.45) is 0 Å². The molecule has 9 aromatic carbocycles. The van der Waals surface area contributed by atoms with E-state index in [9.17, 15) is 2.74 Å². The zero-order chi connectivity index (χ0) is 60.1. The van der Waals surface area contributed by atoms with E-state index in [-0.39, 0.29) is 60.4 Å². The molecule has 82 heavy (non-hydrogen) atoms. The van der Waals surface area contributed by atoms with Crippen molar-refractivity contribution in [2.75, 3.05) is 0 Å². The van der Waals surface area contributed by atoms with Gasteiger partial charge >= 0.3 is 0 Å². The Bertz CT molecular complexity index is 4800. The fourth-order valence-electron chi connectivity index (χ4n) is 12.6. The minimum absolute atomic E-state index is 0. The van der Waals surface area contributed by atoms with E-state index in [1.807, 2.05) is 47.2 Å². The van der Waals surface area contributed by atoms with Crippen LogP contribution in [0, 0.1) is 18.5 Å². The summed E-state index contributed by atoms with van der Waals surface area (Å²) in [7, 11) is 0. The summed E-state index contributed by atoms with van der Waals surface area (Å²) >= 11 is 0. The molecule has 0 N–H and O–H groups in total. The molecular weight excluding hydrogens is 1180 g/mol. The quantitative estimate of drug-likeness (QED) is 0.123. The van der Waals surface area contributed by atoms with Gasteiger partial charge in [-0.3, -0.25) is 4.57 Å². The molecule has 0 bridgehead atoms. The Morgan fingerprint density at radius 3 is 1.89 bits per heavy atom. The van der Waals surface area contributed by atoms with Crippen LogP contribution >= 0.6 is 0 Å². The summed E-state index contributed by atoms with van der Waals surface area (Å²) in [4.78, 5) is 4.91. The van der Waals surface area contributed by atoms with Crippen LogP contribution in [0.25, 0.3) is 106 Å². The number of para-hydroxylation sites is 2. The third-order valence-electron chi connectivity index (χ3n) is 17.3. The van der Waals surface area contributed by atoms with Crippen molar-refractivity contribution in [2.45, 2.75) is 104 Å². The van der Waals surface area contributed by atoms with E-state index in [0.717, 1.165) is 96.0 Å². The predicted octanol–water partition coefficient (Wildman–Crippen LogP) is 19.2. The van der Waals surface area contributed by atoms with Gasteiger partial charge in [0.1, 0.15) is 5.82 Å². The monoisotopic (exact) mass is 1250 g/mol. The maximum absolute atomic E-state index is 9.56. The summed E-state index contributed by atoms with van der Waals surface area (Å²) in [6, 6.07) is 60.9.